The largest absolute Gasteiger partial charge is 0.290 e. The van der Waals surface area contributed by atoms with Crippen LogP contribution in [-0.4, -0.2) is 5.78 Å². The SMILES string of the molecule is C=CC1Cc2ccccc2C(=O)C1(F)c1ccccc1Br. The molecular weight excluding hydrogens is 331 g/mol. The van der Waals surface area contributed by atoms with E-state index in [1.807, 2.05) is 12.1 Å². The van der Waals surface area contributed by atoms with Gasteiger partial charge in [0, 0.05) is 21.5 Å². The molecule has 2 unspecified atom stereocenters. The first kappa shape index (κ1) is 14.2. The van der Waals surface area contributed by atoms with E-state index in [-0.39, 0.29) is 0 Å². The predicted molar refractivity (Wildman–Crippen MR) is 85.1 cm³/mol. The van der Waals surface area contributed by atoms with Crippen LogP contribution in [0.4, 0.5) is 4.39 Å². The molecule has 0 fully saturated rings. The topological polar surface area (TPSA) is 17.1 Å². The molecule has 0 amide bonds. The van der Waals surface area contributed by atoms with E-state index in [4.69, 9.17) is 0 Å². The van der Waals surface area contributed by atoms with Gasteiger partial charge in [-0.1, -0.05) is 64.5 Å². The van der Waals surface area contributed by atoms with Crippen LogP contribution < -0.4 is 0 Å². The minimum absolute atomic E-state index is 0.370. The molecule has 0 saturated carbocycles. The van der Waals surface area contributed by atoms with Gasteiger partial charge in [0.2, 0.25) is 11.5 Å². The highest BCUT2D eigenvalue weighted by atomic mass is 79.9. The third-order valence-electron chi connectivity index (χ3n) is 4.09. The van der Waals surface area contributed by atoms with Crippen molar-refractivity contribution in [3.63, 3.8) is 0 Å². The van der Waals surface area contributed by atoms with E-state index >= 15 is 4.39 Å². The number of rotatable bonds is 2. The lowest BCUT2D eigenvalue weighted by Crippen LogP contribution is -2.43. The minimum Gasteiger partial charge on any atom is -0.290 e. The normalized spacial score (nSPS) is 24.5. The van der Waals surface area contributed by atoms with Crippen molar-refractivity contribution in [2.45, 2.75) is 12.1 Å². The lowest BCUT2D eigenvalue weighted by atomic mass is 9.69. The molecule has 1 nitrogen and oxygen atoms in total. The Morgan fingerprint density at radius 2 is 1.86 bits per heavy atom. The summed E-state index contributed by atoms with van der Waals surface area (Å²) in [6.45, 7) is 3.73. The van der Waals surface area contributed by atoms with Gasteiger partial charge >= 0.3 is 0 Å². The molecule has 2 aromatic carbocycles. The van der Waals surface area contributed by atoms with E-state index in [1.54, 1.807) is 42.5 Å². The van der Waals surface area contributed by atoms with Gasteiger partial charge in [0.25, 0.3) is 0 Å². The molecule has 2 aromatic rings. The number of halogens is 2. The number of hydrogen-bond donors (Lipinski definition) is 0. The van der Waals surface area contributed by atoms with Gasteiger partial charge in [0.1, 0.15) is 0 Å². The average Bonchev–Trinajstić information content (AvgIpc) is 2.51. The molecule has 0 N–H and O–H groups in total. The summed E-state index contributed by atoms with van der Waals surface area (Å²) in [4.78, 5) is 12.8. The third-order valence-corrected chi connectivity index (χ3v) is 4.79. The molecular formula is C18H14BrFO. The van der Waals surface area contributed by atoms with Gasteiger partial charge in [-0.05, 0) is 18.1 Å². The van der Waals surface area contributed by atoms with Crippen molar-refractivity contribution in [2.75, 3.05) is 0 Å². The van der Waals surface area contributed by atoms with Crippen molar-refractivity contribution in [1.82, 2.24) is 0 Å². The second-order valence-corrected chi connectivity index (χ2v) is 6.08. The first-order valence-corrected chi connectivity index (χ1v) is 7.57. The molecule has 1 aliphatic rings. The molecule has 0 radical (unpaired) electrons. The van der Waals surface area contributed by atoms with Crippen LogP contribution in [0.15, 0.2) is 65.7 Å². The Kier molecular flexibility index (Phi) is 3.54. The second-order valence-electron chi connectivity index (χ2n) is 5.22. The highest BCUT2D eigenvalue weighted by Crippen LogP contribution is 2.46. The summed E-state index contributed by atoms with van der Waals surface area (Å²) >= 11 is 3.36. The Hall–Kier alpha value is -1.74. The van der Waals surface area contributed by atoms with Gasteiger partial charge < -0.3 is 0 Å². The van der Waals surface area contributed by atoms with Crippen molar-refractivity contribution in [3.05, 3.63) is 82.3 Å². The smallest absolute Gasteiger partial charge is 0.205 e. The fourth-order valence-electron chi connectivity index (χ4n) is 2.99. The number of allylic oxidation sites excluding steroid dienone is 1. The Bertz CT molecular complexity index is 725. The standard InChI is InChI=1S/C18H14BrFO/c1-2-13-11-12-7-3-4-8-14(12)17(21)18(13,20)15-9-5-6-10-16(15)19/h2-10,13H,1,11H2. The van der Waals surface area contributed by atoms with Crippen LogP contribution in [0.2, 0.25) is 0 Å². The molecule has 1 aliphatic carbocycles. The second kappa shape index (κ2) is 5.23. The van der Waals surface area contributed by atoms with Gasteiger partial charge in [0.15, 0.2) is 0 Å². The summed E-state index contributed by atoms with van der Waals surface area (Å²) in [5.41, 5.74) is -0.355. The van der Waals surface area contributed by atoms with E-state index in [0.29, 0.717) is 22.0 Å². The zero-order chi connectivity index (χ0) is 15.0. The Morgan fingerprint density at radius 3 is 2.57 bits per heavy atom. The number of ketones is 1. The Labute approximate surface area is 131 Å². The van der Waals surface area contributed by atoms with E-state index in [0.717, 1.165) is 5.56 Å². The van der Waals surface area contributed by atoms with E-state index < -0.39 is 17.4 Å². The van der Waals surface area contributed by atoms with Gasteiger partial charge in [0.05, 0.1) is 0 Å². The van der Waals surface area contributed by atoms with Gasteiger partial charge in [-0.15, -0.1) is 6.58 Å². The molecule has 3 heteroatoms. The molecule has 0 spiro atoms. The Morgan fingerprint density at radius 1 is 1.19 bits per heavy atom. The highest BCUT2D eigenvalue weighted by molar-refractivity contribution is 9.10. The zero-order valence-electron chi connectivity index (χ0n) is 11.4. The maximum atomic E-state index is 15.9. The maximum Gasteiger partial charge on any atom is 0.205 e. The van der Waals surface area contributed by atoms with E-state index in [2.05, 4.69) is 22.5 Å². The summed E-state index contributed by atoms with van der Waals surface area (Å²) < 4.78 is 16.5. The van der Waals surface area contributed by atoms with Crippen LogP contribution in [0.5, 0.6) is 0 Å². The van der Waals surface area contributed by atoms with Crippen LogP contribution in [0.1, 0.15) is 21.5 Å². The summed E-state index contributed by atoms with van der Waals surface area (Å²) in [6, 6.07) is 14.2. The van der Waals surface area contributed by atoms with Gasteiger partial charge in [-0.3, -0.25) is 4.79 Å². The number of hydrogen-bond acceptors (Lipinski definition) is 1. The predicted octanol–water partition coefficient (Wildman–Crippen LogP) is 4.86. The number of fused-ring (bicyclic) bond motifs is 1. The van der Waals surface area contributed by atoms with Gasteiger partial charge in [-0.2, -0.15) is 0 Å². The van der Waals surface area contributed by atoms with Crippen molar-refractivity contribution >= 4 is 21.7 Å². The molecule has 0 bridgehead atoms. The van der Waals surface area contributed by atoms with Crippen molar-refractivity contribution in [3.8, 4) is 0 Å². The number of carbonyl (C=O) groups excluding carboxylic acids is 1. The van der Waals surface area contributed by atoms with Crippen LogP contribution >= 0.6 is 15.9 Å². The number of benzene rings is 2. The molecule has 0 aromatic heterocycles. The number of alkyl halides is 1. The van der Waals surface area contributed by atoms with E-state index in [9.17, 15) is 4.79 Å². The lowest BCUT2D eigenvalue weighted by Gasteiger charge is -2.36. The highest BCUT2D eigenvalue weighted by Gasteiger charge is 2.51. The molecule has 2 atom stereocenters. The molecule has 0 aliphatic heterocycles. The molecule has 0 saturated heterocycles. The lowest BCUT2D eigenvalue weighted by molar-refractivity contribution is 0.0515. The van der Waals surface area contributed by atoms with Crippen molar-refractivity contribution in [2.24, 2.45) is 5.92 Å². The maximum absolute atomic E-state index is 15.9. The van der Waals surface area contributed by atoms with Crippen molar-refractivity contribution < 1.29 is 9.18 Å². The summed E-state index contributed by atoms with van der Waals surface area (Å²) in [6.07, 6.45) is 2.02. The molecule has 0 heterocycles. The first-order chi connectivity index (χ1) is 10.1. The fraction of sp³-hybridized carbons (Fsp3) is 0.167. The fourth-order valence-corrected chi connectivity index (χ4v) is 3.56. The minimum atomic E-state index is -2.07. The summed E-state index contributed by atoms with van der Waals surface area (Å²) in [7, 11) is 0. The summed E-state index contributed by atoms with van der Waals surface area (Å²) in [5.74, 6) is -1.06. The summed E-state index contributed by atoms with van der Waals surface area (Å²) in [5, 5.41) is 0. The average molecular weight is 345 g/mol. The van der Waals surface area contributed by atoms with Crippen LogP contribution in [-0.2, 0) is 12.1 Å². The third kappa shape index (κ3) is 2.07. The Balaban J connectivity index is 2.23. The van der Waals surface area contributed by atoms with Crippen LogP contribution in [0.3, 0.4) is 0 Å². The van der Waals surface area contributed by atoms with Crippen LogP contribution in [0.25, 0.3) is 0 Å². The molecule has 21 heavy (non-hydrogen) atoms. The quantitative estimate of drug-likeness (QED) is 0.711. The van der Waals surface area contributed by atoms with Crippen LogP contribution in [0, 0.1) is 5.92 Å². The first-order valence-electron chi connectivity index (χ1n) is 6.78. The van der Waals surface area contributed by atoms with Crippen molar-refractivity contribution in [1.29, 1.82) is 0 Å². The van der Waals surface area contributed by atoms with E-state index in [1.165, 1.54) is 0 Å². The monoisotopic (exact) mass is 344 g/mol. The number of carbonyl (C=O) groups is 1. The molecule has 3 rings (SSSR count). The molecule has 106 valence electrons. The number of Topliss-reactive ketones (excluding diaryl/α,β-unsaturated/α-hetero) is 1. The zero-order valence-corrected chi connectivity index (χ0v) is 12.9. The van der Waals surface area contributed by atoms with Gasteiger partial charge in [-0.25, -0.2) is 4.39 Å².